The van der Waals surface area contributed by atoms with Crippen molar-refractivity contribution in [2.24, 2.45) is 0 Å². The van der Waals surface area contributed by atoms with E-state index in [1.54, 1.807) is 0 Å². The molecule has 1 rings (SSSR count). The standard InChI is InChI=1S/C7H9ClN2O4S2/c1-15(11,12)10-16(13,14)5-2-3-6(8)7(9)4-5/h2-4,10H,9H2,1H3. The summed E-state index contributed by atoms with van der Waals surface area (Å²) in [5, 5.41) is 0.193. The van der Waals surface area contributed by atoms with Crippen molar-refractivity contribution in [2.45, 2.75) is 4.90 Å². The maximum Gasteiger partial charge on any atom is 0.253 e. The average Bonchev–Trinajstić information content (AvgIpc) is 2.05. The lowest BCUT2D eigenvalue weighted by Crippen LogP contribution is -2.29. The minimum Gasteiger partial charge on any atom is -0.397 e. The van der Waals surface area contributed by atoms with Gasteiger partial charge in [-0.05, 0) is 18.2 Å². The van der Waals surface area contributed by atoms with Crippen molar-refractivity contribution in [2.75, 3.05) is 12.0 Å². The number of hydrogen-bond donors (Lipinski definition) is 2. The van der Waals surface area contributed by atoms with Gasteiger partial charge in [-0.3, -0.25) is 0 Å². The quantitative estimate of drug-likeness (QED) is 0.769. The maximum absolute atomic E-state index is 11.5. The van der Waals surface area contributed by atoms with E-state index < -0.39 is 20.0 Å². The molecule has 0 amide bonds. The fourth-order valence-electron chi connectivity index (χ4n) is 0.936. The highest BCUT2D eigenvalue weighted by atomic mass is 35.5. The molecule has 3 N–H and O–H groups in total. The van der Waals surface area contributed by atoms with Crippen LogP contribution in [0.3, 0.4) is 0 Å². The van der Waals surface area contributed by atoms with Crippen LogP contribution in [0.5, 0.6) is 0 Å². The van der Waals surface area contributed by atoms with Crippen LogP contribution in [0.4, 0.5) is 5.69 Å². The lowest BCUT2D eigenvalue weighted by atomic mass is 10.3. The van der Waals surface area contributed by atoms with Crippen molar-refractivity contribution in [3.63, 3.8) is 0 Å². The van der Waals surface area contributed by atoms with Crippen molar-refractivity contribution >= 4 is 37.3 Å². The van der Waals surface area contributed by atoms with Gasteiger partial charge in [0.1, 0.15) is 0 Å². The number of sulfonamides is 2. The fraction of sp³-hybridized carbons (Fsp3) is 0.143. The fourth-order valence-corrected chi connectivity index (χ4v) is 3.56. The molecule has 0 radical (unpaired) electrons. The molecule has 0 spiro atoms. The Hall–Kier alpha value is -0.830. The Morgan fingerprint density at radius 1 is 1.25 bits per heavy atom. The van der Waals surface area contributed by atoms with E-state index in [4.69, 9.17) is 17.3 Å². The Labute approximate surface area is 98.5 Å². The summed E-state index contributed by atoms with van der Waals surface area (Å²) in [4.78, 5) is -0.264. The third-order valence-corrected chi connectivity index (χ3v) is 4.85. The Morgan fingerprint density at radius 3 is 2.25 bits per heavy atom. The topological polar surface area (TPSA) is 106 Å². The first-order valence-corrected chi connectivity index (χ1v) is 7.66. The van der Waals surface area contributed by atoms with Crippen LogP contribution in [0, 0.1) is 0 Å². The van der Waals surface area contributed by atoms with Crippen LogP contribution in [0.1, 0.15) is 0 Å². The largest absolute Gasteiger partial charge is 0.397 e. The highest BCUT2D eigenvalue weighted by molar-refractivity contribution is 8.04. The molecule has 16 heavy (non-hydrogen) atoms. The molecule has 0 aliphatic rings. The first-order chi connectivity index (χ1) is 7.12. The summed E-state index contributed by atoms with van der Waals surface area (Å²) in [6, 6.07) is 3.51. The number of halogens is 1. The molecule has 0 aliphatic carbocycles. The van der Waals surface area contributed by atoms with Crippen molar-refractivity contribution < 1.29 is 16.8 Å². The molecule has 1 aromatic rings. The van der Waals surface area contributed by atoms with Crippen molar-refractivity contribution in [1.82, 2.24) is 4.13 Å². The molecule has 0 fully saturated rings. The van der Waals surface area contributed by atoms with E-state index in [0.29, 0.717) is 0 Å². The van der Waals surface area contributed by atoms with E-state index in [1.165, 1.54) is 10.2 Å². The summed E-state index contributed by atoms with van der Waals surface area (Å²) in [5.41, 5.74) is 5.46. The van der Waals surface area contributed by atoms with Crippen molar-refractivity contribution in [3.8, 4) is 0 Å². The van der Waals surface area contributed by atoms with Crippen molar-refractivity contribution in [3.05, 3.63) is 23.2 Å². The smallest absolute Gasteiger partial charge is 0.253 e. The zero-order valence-electron chi connectivity index (χ0n) is 8.14. The molecule has 1 aromatic carbocycles. The molecule has 0 heterocycles. The Bertz CT molecular complexity index is 609. The first-order valence-electron chi connectivity index (χ1n) is 3.90. The summed E-state index contributed by atoms with van der Waals surface area (Å²) in [6.45, 7) is 0. The number of nitrogens with two attached hydrogens (primary N) is 1. The van der Waals surface area contributed by atoms with E-state index in [2.05, 4.69) is 0 Å². The SMILES string of the molecule is CS(=O)(=O)NS(=O)(=O)c1ccc(Cl)c(N)c1. The third kappa shape index (κ3) is 3.34. The van der Waals surface area contributed by atoms with E-state index >= 15 is 0 Å². The minimum absolute atomic E-state index is 0.0537. The number of nitrogens with one attached hydrogen (secondary N) is 1. The molecular formula is C7H9ClN2O4S2. The summed E-state index contributed by atoms with van der Waals surface area (Å²) in [5.74, 6) is 0. The van der Waals surface area contributed by atoms with Gasteiger partial charge in [0.2, 0.25) is 10.0 Å². The van der Waals surface area contributed by atoms with Gasteiger partial charge in [0.25, 0.3) is 10.0 Å². The molecule has 9 heteroatoms. The van der Waals surface area contributed by atoms with E-state index in [9.17, 15) is 16.8 Å². The van der Waals surface area contributed by atoms with Gasteiger partial charge in [-0.15, -0.1) is 4.13 Å². The van der Waals surface area contributed by atoms with Crippen LogP contribution in [-0.2, 0) is 20.0 Å². The highest BCUT2D eigenvalue weighted by Crippen LogP contribution is 2.22. The lowest BCUT2D eigenvalue weighted by Gasteiger charge is -2.06. The normalized spacial score (nSPS) is 12.6. The Morgan fingerprint density at radius 2 is 1.81 bits per heavy atom. The van der Waals surface area contributed by atoms with Gasteiger partial charge >= 0.3 is 0 Å². The van der Waals surface area contributed by atoms with Crippen LogP contribution >= 0.6 is 11.6 Å². The van der Waals surface area contributed by atoms with Crippen LogP contribution in [0.15, 0.2) is 23.1 Å². The van der Waals surface area contributed by atoms with Crippen LogP contribution in [0.25, 0.3) is 0 Å². The summed E-state index contributed by atoms with van der Waals surface area (Å²) < 4.78 is 46.2. The summed E-state index contributed by atoms with van der Waals surface area (Å²) >= 11 is 5.61. The molecule has 0 saturated heterocycles. The summed E-state index contributed by atoms with van der Waals surface area (Å²) in [7, 11) is -8.00. The number of anilines is 1. The van der Waals surface area contributed by atoms with Crippen LogP contribution < -0.4 is 9.86 Å². The van der Waals surface area contributed by atoms with Gasteiger partial charge in [0, 0.05) is 0 Å². The van der Waals surface area contributed by atoms with E-state index in [0.717, 1.165) is 18.4 Å². The molecule has 0 bridgehead atoms. The number of benzene rings is 1. The second kappa shape index (κ2) is 4.21. The van der Waals surface area contributed by atoms with E-state index in [-0.39, 0.29) is 15.6 Å². The zero-order valence-corrected chi connectivity index (χ0v) is 10.5. The molecular weight excluding hydrogens is 276 g/mol. The molecule has 0 aromatic heterocycles. The molecule has 0 aliphatic heterocycles. The van der Waals surface area contributed by atoms with Crippen LogP contribution in [0.2, 0.25) is 5.02 Å². The first kappa shape index (κ1) is 13.2. The predicted molar refractivity (Wildman–Crippen MR) is 61.0 cm³/mol. The maximum atomic E-state index is 11.5. The molecule has 90 valence electrons. The molecule has 0 atom stereocenters. The van der Waals surface area contributed by atoms with Crippen LogP contribution in [-0.4, -0.2) is 23.1 Å². The highest BCUT2D eigenvalue weighted by Gasteiger charge is 2.19. The second-order valence-electron chi connectivity index (χ2n) is 3.04. The summed E-state index contributed by atoms with van der Waals surface area (Å²) in [6.07, 6.45) is 0.740. The van der Waals surface area contributed by atoms with E-state index in [1.807, 2.05) is 0 Å². The van der Waals surface area contributed by atoms with Gasteiger partial charge in [0.15, 0.2) is 0 Å². The predicted octanol–water partition coefficient (Wildman–Crippen LogP) is 0.160. The number of hydrogen-bond acceptors (Lipinski definition) is 5. The zero-order chi connectivity index (χ0) is 12.6. The second-order valence-corrected chi connectivity index (χ2v) is 7.14. The Balaban J connectivity index is 3.24. The Kier molecular flexibility index (Phi) is 3.48. The number of nitrogen functional groups attached to an aromatic ring is 1. The van der Waals surface area contributed by atoms with Gasteiger partial charge in [-0.2, -0.15) is 0 Å². The van der Waals surface area contributed by atoms with Crippen molar-refractivity contribution in [1.29, 1.82) is 0 Å². The molecule has 6 nitrogen and oxygen atoms in total. The monoisotopic (exact) mass is 284 g/mol. The third-order valence-electron chi connectivity index (χ3n) is 1.54. The molecule has 0 unspecified atom stereocenters. The minimum atomic E-state index is -4.13. The van der Waals surface area contributed by atoms with Gasteiger partial charge < -0.3 is 5.73 Å². The van der Waals surface area contributed by atoms with Gasteiger partial charge in [0.05, 0.1) is 21.9 Å². The average molecular weight is 285 g/mol. The number of rotatable bonds is 3. The van der Waals surface area contributed by atoms with Gasteiger partial charge in [-0.25, -0.2) is 16.8 Å². The van der Waals surface area contributed by atoms with Gasteiger partial charge in [-0.1, -0.05) is 11.6 Å². The lowest BCUT2D eigenvalue weighted by molar-refractivity contribution is 0.580. The molecule has 0 saturated carbocycles.